The van der Waals surface area contributed by atoms with Gasteiger partial charge >= 0.3 is 0 Å². The predicted octanol–water partition coefficient (Wildman–Crippen LogP) is 4.34. The van der Waals surface area contributed by atoms with E-state index < -0.39 is 10.2 Å². The monoisotopic (exact) mass is 396 g/mol. The van der Waals surface area contributed by atoms with Crippen LogP contribution in [0.25, 0.3) is 0 Å². The summed E-state index contributed by atoms with van der Waals surface area (Å²) < 4.78 is 0. The Morgan fingerprint density at radius 2 is 1.89 bits per heavy atom. The van der Waals surface area contributed by atoms with Crippen LogP contribution in [0.4, 0.5) is 11.4 Å². The first-order chi connectivity index (χ1) is 13.4. The molecule has 1 heterocycles. The summed E-state index contributed by atoms with van der Waals surface area (Å²) in [6.45, 7) is 3.69. The number of carbonyl (C=O) groups is 1. The number of para-hydroxylation sites is 2. The molecule has 28 heavy (non-hydrogen) atoms. The number of carbonyl (C=O) groups excluding carboxylic acids is 1. The van der Waals surface area contributed by atoms with Crippen LogP contribution in [0.1, 0.15) is 23.9 Å². The quantitative estimate of drug-likeness (QED) is 0.351. The molecule has 144 valence electrons. The maximum atomic E-state index is 12.5. The van der Waals surface area contributed by atoms with Crippen LogP contribution >= 0.6 is 11.8 Å². The summed E-state index contributed by atoms with van der Waals surface area (Å²) in [5.74, 6) is -0.321. The summed E-state index contributed by atoms with van der Waals surface area (Å²) in [6, 6.07) is 16.1. The van der Waals surface area contributed by atoms with Crippen molar-refractivity contribution in [1.29, 1.82) is 0 Å². The fraction of sp³-hybridized carbons (Fsp3) is 0.200. The largest absolute Gasteiger partial charge is 0.337 e. The molecule has 1 atom stereocenters. The number of thioether (sulfide) groups is 1. The van der Waals surface area contributed by atoms with Gasteiger partial charge in [-0.2, -0.15) is 0 Å². The number of nitro groups is 1. The highest BCUT2D eigenvalue weighted by Crippen LogP contribution is 2.27. The average Bonchev–Trinajstić information content (AvgIpc) is 3.01. The van der Waals surface area contributed by atoms with E-state index in [1.165, 1.54) is 23.9 Å². The molecular formula is C20H20N4O3S. The number of H-pyrrole nitrogens is 1. The van der Waals surface area contributed by atoms with Gasteiger partial charge in [0.2, 0.25) is 5.91 Å². The molecule has 8 heteroatoms. The lowest BCUT2D eigenvalue weighted by Gasteiger charge is -2.10. The maximum absolute atomic E-state index is 12.5. The molecule has 0 aliphatic heterocycles. The lowest BCUT2D eigenvalue weighted by Crippen LogP contribution is -2.23. The number of nitrogens with zero attached hydrogens (tertiary/aromatic N) is 2. The first kappa shape index (κ1) is 19.6. The minimum Gasteiger partial charge on any atom is -0.337 e. The Hall–Kier alpha value is -3.13. The predicted molar refractivity (Wildman–Crippen MR) is 110 cm³/mol. The minimum atomic E-state index is -0.515. The SMILES string of the molecule is Cc1[nH]c(S[C@H](C)C(=O)Nc2ccccc2[N+](=O)[O-])nc1Cc1ccccc1. The Bertz CT molecular complexity index is 988. The van der Waals surface area contributed by atoms with Gasteiger partial charge in [0.1, 0.15) is 5.69 Å². The standard InChI is InChI=1S/C20H20N4O3S/c1-13-17(12-15-8-4-3-5-9-15)23-20(21-13)28-14(2)19(25)22-16-10-6-7-11-18(16)24(26)27/h3-11,14H,12H2,1-2H3,(H,21,23)(H,22,25)/t14-/m1/s1. The van der Waals surface area contributed by atoms with Gasteiger partial charge in [0.05, 0.1) is 15.9 Å². The molecule has 0 fully saturated rings. The van der Waals surface area contributed by atoms with E-state index in [9.17, 15) is 14.9 Å². The van der Waals surface area contributed by atoms with Crippen LogP contribution in [0.2, 0.25) is 0 Å². The molecule has 3 aromatic rings. The third-order valence-electron chi connectivity index (χ3n) is 4.19. The van der Waals surface area contributed by atoms with Crippen LogP contribution in [-0.4, -0.2) is 26.0 Å². The van der Waals surface area contributed by atoms with E-state index in [0.717, 1.165) is 17.0 Å². The number of nitro benzene ring substituents is 1. The van der Waals surface area contributed by atoms with Gasteiger partial charge in [-0.1, -0.05) is 54.2 Å². The lowest BCUT2D eigenvalue weighted by atomic mass is 10.1. The number of aromatic nitrogens is 2. The number of imidazole rings is 1. The number of hydrogen-bond donors (Lipinski definition) is 2. The first-order valence-corrected chi connectivity index (χ1v) is 9.62. The minimum absolute atomic E-state index is 0.132. The van der Waals surface area contributed by atoms with Crippen molar-refractivity contribution in [3.05, 3.63) is 81.7 Å². The molecule has 0 bridgehead atoms. The summed E-state index contributed by atoms with van der Waals surface area (Å²) in [6.07, 6.45) is 0.709. The van der Waals surface area contributed by atoms with Gasteiger partial charge in [-0.25, -0.2) is 4.98 Å². The Morgan fingerprint density at radius 1 is 1.21 bits per heavy atom. The molecule has 1 amide bonds. The number of aryl methyl sites for hydroxylation is 1. The van der Waals surface area contributed by atoms with Crippen molar-refractivity contribution in [3.63, 3.8) is 0 Å². The fourth-order valence-electron chi connectivity index (χ4n) is 2.68. The van der Waals surface area contributed by atoms with Crippen LogP contribution in [-0.2, 0) is 11.2 Å². The van der Waals surface area contributed by atoms with E-state index in [4.69, 9.17) is 0 Å². The Labute approximate surface area is 166 Å². The number of hydrogen-bond acceptors (Lipinski definition) is 5. The van der Waals surface area contributed by atoms with Crippen LogP contribution in [0.5, 0.6) is 0 Å². The average molecular weight is 396 g/mol. The van der Waals surface area contributed by atoms with E-state index in [0.29, 0.717) is 11.6 Å². The van der Waals surface area contributed by atoms with Crippen LogP contribution < -0.4 is 5.32 Å². The zero-order chi connectivity index (χ0) is 20.1. The summed E-state index contributed by atoms with van der Waals surface area (Å²) in [5.41, 5.74) is 3.10. The zero-order valence-corrected chi connectivity index (χ0v) is 16.3. The first-order valence-electron chi connectivity index (χ1n) is 8.74. The maximum Gasteiger partial charge on any atom is 0.292 e. The summed E-state index contributed by atoms with van der Waals surface area (Å²) in [7, 11) is 0. The molecule has 0 saturated carbocycles. The fourth-order valence-corrected chi connectivity index (χ4v) is 3.55. The highest BCUT2D eigenvalue weighted by atomic mass is 32.2. The molecule has 2 N–H and O–H groups in total. The van der Waals surface area contributed by atoms with Crippen molar-refractivity contribution >= 4 is 29.0 Å². The van der Waals surface area contributed by atoms with Gasteiger partial charge in [0, 0.05) is 18.2 Å². The topological polar surface area (TPSA) is 101 Å². The smallest absolute Gasteiger partial charge is 0.292 e. The Morgan fingerprint density at radius 3 is 2.61 bits per heavy atom. The number of nitrogens with one attached hydrogen (secondary N) is 2. The van der Waals surface area contributed by atoms with Gasteiger partial charge in [0.15, 0.2) is 5.16 Å². The van der Waals surface area contributed by atoms with Gasteiger partial charge < -0.3 is 10.3 Å². The van der Waals surface area contributed by atoms with Gasteiger partial charge in [-0.05, 0) is 25.5 Å². The Kier molecular flexibility index (Phi) is 6.10. The third-order valence-corrected chi connectivity index (χ3v) is 5.18. The number of rotatable bonds is 7. The van der Waals surface area contributed by atoms with Crippen molar-refractivity contribution in [2.45, 2.75) is 30.7 Å². The van der Waals surface area contributed by atoms with Crippen molar-refractivity contribution < 1.29 is 9.72 Å². The van der Waals surface area contributed by atoms with Crippen molar-refractivity contribution in [2.24, 2.45) is 0 Å². The third kappa shape index (κ3) is 4.77. The highest BCUT2D eigenvalue weighted by molar-refractivity contribution is 8.00. The molecule has 0 aliphatic rings. The summed E-state index contributed by atoms with van der Waals surface area (Å²) in [4.78, 5) is 30.9. The molecule has 0 saturated heterocycles. The molecule has 0 spiro atoms. The second-order valence-corrected chi connectivity index (χ2v) is 7.63. The molecule has 3 rings (SSSR count). The highest BCUT2D eigenvalue weighted by Gasteiger charge is 2.21. The second-order valence-electron chi connectivity index (χ2n) is 6.30. The number of amides is 1. The number of aromatic amines is 1. The lowest BCUT2D eigenvalue weighted by molar-refractivity contribution is -0.383. The molecule has 2 aromatic carbocycles. The molecule has 0 radical (unpaired) electrons. The van der Waals surface area contributed by atoms with Crippen molar-refractivity contribution in [2.75, 3.05) is 5.32 Å². The second kappa shape index (κ2) is 8.71. The number of anilines is 1. The van der Waals surface area contributed by atoms with Crippen molar-refractivity contribution in [3.8, 4) is 0 Å². The van der Waals surface area contributed by atoms with E-state index in [-0.39, 0.29) is 17.3 Å². The normalized spacial score (nSPS) is 11.8. The zero-order valence-electron chi connectivity index (χ0n) is 15.5. The van der Waals surface area contributed by atoms with Gasteiger partial charge in [0.25, 0.3) is 5.69 Å². The summed E-state index contributed by atoms with van der Waals surface area (Å²) >= 11 is 1.28. The van der Waals surface area contributed by atoms with Crippen LogP contribution in [0.3, 0.4) is 0 Å². The summed E-state index contributed by atoms with van der Waals surface area (Å²) in [5, 5.41) is 13.9. The van der Waals surface area contributed by atoms with Crippen LogP contribution in [0.15, 0.2) is 59.8 Å². The molecule has 0 aliphatic carbocycles. The van der Waals surface area contributed by atoms with E-state index in [1.54, 1.807) is 19.1 Å². The van der Waals surface area contributed by atoms with Gasteiger partial charge in [-0.3, -0.25) is 14.9 Å². The van der Waals surface area contributed by atoms with E-state index >= 15 is 0 Å². The Balaban J connectivity index is 1.66. The molecule has 0 unspecified atom stereocenters. The van der Waals surface area contributed by atoms with Gasteiger partial charge in [-0.15, -0.1) is 0 Å². The molecule has 1 aromatic heterocycles. The van der Waals surface area contributed by atoms with E-state index in [2.05, 4.69) is 15.3 Å². The van der Waals surface area contributed by atoms with Crippen LogP contribution in [0, 0.1) is 17.0 Å². The molecule has 7 nitrogen and oxygen atoms in total. The van der Waals surface area contributed by atoms with Crippen molar-refractivity contribution in [1.82, 2.24) is 9.97 Å². The number of benzene rings is 2. The van der Waals surface area contributed by atoms with E-state index in [1.807, 2.05) is 37.3 Å². The molecular weight excluding hydrogens is 376 g/mol.